The molecule has 1 rings (SSSR count). The van der Waals surface area contributed by atoms with Crippen LogP contribution in [-0.4, -0.2) is 29.7 Å². The van der Waals surface area contributed by atoms with Gasteiger partial charge in [0.15, 0.2) is 0 Å². The van der Waals surface area contributed by atoms with Gasteiger partial charge in [-0.05, 0) is 31.4 Å². The molecule has 0 aliphatic heterocycles. The first kappa shape index (κ1) is 15.0. The third-order valence-electron chi connectivity index (χ3n) is 2.58. The van der Waals surface area contributed by atoms with E-state index in [0.29, 0.717) is 25.8 Å². The zero-order chi connectivity index (χ0) is 14.1. The molecule has 0 aliphatic rings. The summed E-state index contributed by atoms with van der Waals surface area (Å²) in [6.45, 7) is 0.491. The van der Waals surface area contributed by atoms with E-state index >= 15 is 0 Å². The van der Waals surface area contributed by atoms with Gasteiger partial charge in [0.05, 0.1) is 0 Å². The Hall–Kier alpha value is -2.08. The number of carbonyl (C=O) groups is 2. The molecule has 2 amide bonds. The molecule has 0 saturated heterocycles. The van der Waals surface area contributed by atoms with Crippen molar-refractivity contribution in [2.75, 3.05) is 11.9 Å². The van der Waals surface area contributed by atoms with E-state index in [-0.39, 0.29) is 6.03 Å². The molecular formula is C13H19N3O3. The van der Waals surface area contributed by atoms with E-state index in [2.05, 4.69) is 10.6 Å². The Labute approximate surface area is 112 Å². The highest BCUT2D eigenvalue weighted by Gasteiger charge is 2.10. The average Bonchev–Trinajstić information content (AvgIpc) is 2.39. The number of anilines is 1. The highest BCUT2D eigenvalue weighted by molar-refractivity contribution is 5.89. The Morgan fingerprint density at radius 2 is 1.89 bits per heavy atom. The van der Waals surface area contributed by atoms with Gasteiger partial charge in [-0.15, -0.1) is 0 Å². The summed E-state index contributed by atoms with van der Waals surface area (Å²) in [6.07, 6.45) is 1.78. The molecule has 1 aromatic rings. The van der Waals surface area contributed by atoms with Crippen LogP contribution < -0.4 is 16.4 Å². The highest BCUT2D eigenvalue weighted by atomic mass is 16.4. The molecule has 0 spiro atoms. The molecule has 0 aromatic heterocycles. The summed E-state index contributed by atoms with van der Waals surface area (Å²) in [5.41, 5.74) is 6.09. The third-order valence-corrected chi connectivity index (χ3v) is 2.58. The number of carboxylic acid groups (broad SMARTS) is 1. The summed E-state index contributed by atoms with van der Waals surface area (Å²) in [7, 11) is 0. The van der Waals surface area contributed by atoms with Crippen molar-refractivity contribution in [2.45, 2.75) is 25.3 Å². The van der Waals surface area contributed by atoms with Crippen LogP contribution in [0.15, 0.2) is 30.3 Å². The number of para-hydroxylation sites is 1. The van der Waals surface area contributed by atoms with E-state index in [1.54, 1.807) is 12.1 Å². The first-order valence-corrected chi connectivity index (χ1v) is 6.18. The van der Waals surface area contributed by atoms with Crippen molar-refractivity contribution in [3.8, 4) is 0 Å². The quantitative estimate of drug-likeness (QED) is 0.559. The lowest BCUT2D eigenvalue weighted by Gasteiger charge is -2.08. The fraction of sp³-hybridized carbons (Fsp3) is 0.385. The predicted octanol–water partition coefficient (Wildman–Crippen LogP) is 1.39. The average molecular weight is 265 g/mol. The number of unbranched alkanes of at least 4 members (excludes halogenated alkanes) is 1. The summed E-state index contributed by atoms with van der Waals surface area (Å²) in [6, 6.07) is 8.05. The molecule has 104 valence electrons. The van der Waals surface area contributed by atoms with Gasteiger partial charge in [-0.3, -0.25) is 4.79 Å². The van der Waals surface area contributed by atoms with Crippen molar-refractivity contribution in [2.24, 2.45) is 5.73 Å². The summed E-state index contributed by atoms with van der Waals surface area (Å²) < 4.78 is 0. The number of carbonyl (C=O) groups excluding carboxylic acids is 1. The molecule has 5 N–H and O–H groups in total. The number of nitrogens with one attached hydrogen (secondary N) is 2. The van der Waals surface area contributed by atoms with Crippen LogP contribution in [0.2, 0.25) is 0 Å². The van der Waals surface area contributed by atoms with Gasteiger partial charge in [0.1, 0.15) is 6.04 Å². The number of hydrogen-bond donors (Lipinski definition) is 4. The van der Waals surface area contributed by atoms with Crippen molar-refractivity contribution in [3.63, 3.8) is 0 Å². The maximum Gasteiger partial charge on any atom is 0.320 e. The van der Waals surface area contributed by atoms with Gasteiger partial charge >= 0.3 is 12.0 Å². The normalized spacial score (nSPS) is 11.6. The van der Waals surface area contributed by atoms with Gasteiger partial charge in [0, 0.05) is 12.2 Å². The SMILES string of the molecule is N[C@@H](CCCCNC(=O)Nc1ccccc1)C(=O)O. The van der Waals surface area contributed by atoms with Crippen LogP contribution in [0.5, 0.6) is 0 Å². The Morgan fingerprint density at radius 3 is 2.53 bits per heavy atom. The molecule has 0 bridgehead atoms. The van der Waals surface area contributed by atoms with Crippen molar-refractivity contribution in [3.05, 3.63) is 30.3 Å². The lowest BCUT2D eigenvalue weighted by atomic mass is 10.1. The number of hydrogen-bond acceptors (Lipinski definition) is 3. The Bertz CT molecular complexity index is 409. The Morgan fingerprint density at radius 1 is 1.21 bits per heavy atom. The summed E-state index contributed by atoms with van der Waals surface area (Å²) >= 11 is 0. The predicted molar refractivity (Wildman–Crippen MR) is 72.9 cm³/mol. The van der Waals surface area contributed by atoms with Crippen molar-refractivity contribution in [1.29, 1.82) is 0 Å². The van der Waals surface area contributed by atoms with E-state index in [4.69, 9.17) is 10.8 Å². The number of nitrogens with two attached hydrogens (primary N) is 1. The van der Waals surface area contributed by atoms with E-state index in [0.717, 1.165) is 5.69 Å². The minimum Gasteiger partial charge on any atom is -0.480 e. The zero-order valence-electron chi connectivity index (χ0n) is 10.6. The highest BCUT2D eigenvalue weighted by Crippen LogP contribution is 2.04. The molecule has 0 heterocycles. The number of benzene rings is 1. The number of amides is 2. The van der Waals surface area contributed by atoms with Crippen LogP contribution in [0, 0.1) is 0 Å². The maximum absolute atomic E-state index is 11.5. The molecule has 0 radical (unpaired) electrons. The summed E-state index contributed by atoms with van der Waals surface area (Å²) in [5, 5.41) is 14.0. The minimum atomic E-state index is -0.991. The summed E-state index contributed by atoms with van der Waals surface area (Å²) in [5.74, 6) is -0.991. The number of urea groups is 1. The monoisotopic (exact) mass is 265 g/mol. The van der Waals surface area contributed by atoms with Crippen molar-refractivity contribution < 1.29 is 14.7 Å². The van der Waals surface area contributed by atoms with Gasteiger partial charge in [0.2, 0.25) is 0 Å². The fourth-order valence-corrected chi connectivity index (χ4v) is 1.51. The van der Waals surface area contributed by atoms with Crippen LogP contribution in [0.3, 0.4) is 0 Å². The molecule has 1 aromatic carbocycles. The first-order valence-electron chi connectivity index (χ1n) is 6.18. The van der Waals surface area contributed by atoms with Gasteiger partial charge < -0.3 is 21.5 Å². The topological polar surface area (TPSA) is 104 Å². The third kappa shape index (κ3) is 6.42. The van der Waals surface area contributed by atoms with Crippen LogP contribution in [0.25, 0.3) is 0 Å². The second-order valence-electron chi connectivity index (χ2n) is 4.19. The van der Waals surface area contributed by atoms with Gasteiger partial charge in [-0.1, -0.05) is 18.2 Å². The number of aliphatic carboxylic acids is 1. The largest absolute Gasteiger partial charge is 0.480 e. The molecular weight excluding hydrogens is 246 g/mol. The van der Waals surface area contributed by atoms with Crippen LogP contribution in [0.4, 0.5) is 10.5 Å². The van der Waals surface area contributed by atoms with Crippen molar-refractivity contribution in [1.82, 2.24) is 5.32 Å². The Balaban J connectivity index is 2.10. The van der Waals surface area contributed by atoms with Gasteiger partial charge in [0.25, 0.3) is 0 Å². The molecule has 19 heavy (non-hydrogen) atoms. The smallest absolute Gasteiger partial charge is 0.320 e. The maximum atomic E-state index is 11.5. The molecule has 0 fully saturated rings. The van der Waals surface area contributed by atoms with Crippen LogP contribution in [-0.2, 0) is 4.79 Å². The van der Waals surface area contributed by atoms with Gasteiger partial charge in [-0.25, -0.2) is 4.79 Å². The van der Waals surface area contributed by atoms with Crippen LogP contribution in [0.1, 0.15) is 19.3 Å². The minimum absolute atomic E-state index is 0.270. The molecule has 0 aliphatic carbocycles. The van der Waals surface area contributed by atoms with E-state index < -0.39 is 12.0 Å². The first-order chi connectivity index (χ1) is 9.09. The van der Waals surface area contributed by atoms with E-state index in [9.17, 15) is 9.59 Å². The van der Waals surface area contributed by atoms with E-state index in [1.165, 1.54) is 0 Å². The summed E-state index contributed by atoms with van der Waals surface area (Å²) in [4.78, 5) is 21.9. The molecule has 1 atom stereocenters. The standard InChI is InChI=1S/C13H19N3O3/c14-11(12(17)18)8-4-5-9-15-13(19)16-10-6-2-1-3-7-10/h1-3,6-7,11H,4-5,8-9,14H2,(H,17,18)(H2,15,16,19)/t11-/m0/s1. The molecule has 6 heteroatoms. The zero-order valence-corrected chi connectivity index (χ0v) is 10.6. The van der Waals surface area contributed by atoms with Crippen LogP contribution >= 0.6 is 0 Å². The lowest BCUT2D eigenvalue weighted by Crippen LogP contribution is -2.31. The number of carboxylic acids is 1. The van der Waals surface area contributed by atoms with E-state index in [1.807, 2.05) is 18.2 Å². The number of rotatable bonds is 7. The second-order valence-corrected chi connectivity index (χ2v) is 4.19. The molecule has 0 saturated carbocycles. The molecule has 0 unspecified atom stereocenters. The fourth-order valence-electron chi connectivity index (χ4n) is 1.51. The lowest BCUT2D eigenvalue weighted by molar-refractivity contribution is -0.138. The van der Waals surface area contributed by atoms with Gasteiger partial charge in [-0.2, -0.15) is 0 Å². The Kier molecular flexibility index (Phi) is 6.38. The second kappa shape index (κ2) is 8.10. The van der Waals surface area contributed by atoms with Crippen molar-refractivity contribution >= 4 is 17.7 Å². The molecule has 6 nitrogen and oxygen atoms in total.